The zero-order chi connectivity index (χ0) is 18.8. The van der Waals surface area contributed by atoms with E-state index in [1.54, 1.807) is 24.3 Å². The summed E-state index contributed by atoms with van der Waals surface area (Å²) in [5.74, 6) is -0.602. The number of hydrogen-bond donors (Lipinski definition) is 2. The van der Waals surface area contributed by atoms with E-state index in [0.717, 1.165) is 24.1 Å². The molecule has 0 bridgehead atoms. The van der Waals surface area contributed by atoms with Gasteiger partial charge in [-0.2, -0.15) is 5.10 Å². The number of carbonyl (C=O) groups is 2. The molecule has 0 fully saturated rings. The molecule has 26 heavy (non-hydrogen) atoms. The molecule has 0 aliphatic rings. The van der Waals surface area contributed by atoms with Crippen molar-refractivity contribution in [2.24, 2.45) is 5.10 Å². The smallest absolute Gasteiger partial charge is 0.262 e. The molecule has 5 heteroatoms. The topological polar surface area (TPSA) is 70.6 Å². The van der Waals surface area contributed by atoms with Crippen LogP contribution in [0.1, 0.15) is 42.6 Å². The predicted molar refractivity (Wildman–Crippen MR) is 104 cm³/mol. The van der Waals surface area contributed by atoms with Crippen molar-refractivity contribution in [1.29, 1.82) is 0 Å². The quantitative estimate of drug-likeness (QED) is 0.566. The van der Waals surface area contributed by atoms with Gasteiger partial charge in [0.2, 0.25) is 0 Å². The van der Waals surface area contributed by atoms with Crippen molar-refractivity contribution in [3.05, 3.63) is 71.8 Å². The van der Waals surface area contributed by atoms with Crippen molar-refractivity contribution < 1.29 is 9.59 Å². The SMILES string of the molecule is CCC(CC)=NNC(=O)C(Cc1ccccc1)NC(=O)c1ccccc1. The Balaban J connectivity index is 2.14. The molecule has 5 nitrogen and oxygen atoms in total. The van der Waals surface area contributed by atoms with Crippen molar-refractivity contribution in [2.45, 2.75) is 39.2 Å². The Kier molecular flexibility index (Phi) is 7.55. The molecule has 2 aromatic rings. The highest BCUT2D eigenvalue weighted by atomic mass is 16.2. The number of hydrogen-bond acceptors (Lipinski definition) is 3. The first-order chi connectivity index (χ1) is 12.6. The van der Waals surface area contributed by atoms with Crippen molar-refractivity contribution in [3.63, 3.8) is 0 Å². The highest BCUT2D eigenvalue weighted by molar-refractivity contribution is 5.97. The summed E-state index contributed by atoms with van der Waals surface area (Å²) in [4.78, 5) is 25.1. The van der Waals surface area contributed by atoms with E-state index in [-0.39, 0.29) is 11.8 Å². The standard InChI is InChI=1S/C21H25N3O2/c1-3-18(4-2)23-24-21(26)19(15-16-11-7-5-8-12-16)22-20(25)17-13-9-6-10-14-17/h5-14,19H,3-4,15H2,1-2H3,(H,22,25)(H,24,26). The molecule has 2 N–H and O–H groups in total. The van der Waals surface area contributed by atoms with E-state index >= 15 is 0 Å². The number of carbonyl (C=O) groups excluding carboxylic acids is 2. The minimum Gasteiger partial charge on any atom is -0.340 e. The zero-order valence-corrected chi connectivity index (χ0v) is 15.2. The molecule has 1 atom stereocenters. The van der Waals surface area contributed by atoms with Gasteiger partial charge in [0.1, 0.15) is 6.04 Å². The maximum atomic E-state index is 12.6. The Morgan fingerprint density at radius 3 is 2.08 bits per heavy atom. The van der Waals surface area contributed by atoms with E-state index in [1.165, 1.54) is 0 Å². The minimum absolute atomic E-state index is 0.281. The number of amides is 2. The minimum atomic E-state index is -0.705. The monoisotopic (exact) mass is 351 g/mol. The third-order valence-electron chi connectivity index (χ3n) is 4.08. The molecular formula is C21H25N3O2. The van der Waals surface area contributed by atoms with Gasteiger partial charge in [0, 0.05) is 17.7 Å². The third kappa shape index (κ3) is 5.84. The Hall–Kier alpha value is -2.95. The fourth-order valence-corrected chi connectivity index (χ4v) is 2.51. The van der Waals surface area contributed by atoms with E-state index in [0.29, 0.717) is 12.0 Å². The van der Waals surface area contributed by atoms with Crippen LogP contribution in [0.5, 0.6) is 0 Å². The van der Waals surface area contributed by atoms with Gasteiger partial charge in [-0.05, 0) is 30.5 Å². The summed E-state index contributed by atoms with van der Waals surface area (Å²) in [6.45, 7) is 3.99. The van der Waals surface area contributed by atoms with Crippen LogP contribution in [0.15, 0.2) is 65.8 Å². The molecule has 0 saturated heterocycles. The third-order valence-corrected chi connectivity index (χ3v) is 4.08. The molecule has 1 unspecified atom stereocenters. The first kappa shape index (κ1) is 19.4. The fraction of sp³-hybridized carbons (Fsp3) is 0.286. The van der Waals surface area contributed by atoms with Gasteiger partial charge in [0.15, 0.2) is 0 Å². The zero-order valence-electron chi connectivity index (χ0n) is 15.2. The normalized spacial score (nSPS) is 11.3. The van der Waals surface area contributed by atoms with Crippen molar-refractivity contribution in [1.82, 2.24) is 10.7 Å². The lowest BCUT2D eigenvalue weighted by Crippen LogP contribution is -2.47. The molecule has 0 radical (unpaired) electrons. The lowest BCUT2D eigenvalue weighted by Gasteiger charge is -2.17. The molecule has 0 aliphatic carbocycles. The number of benzene rings is 2. The molecule has 0 saturated carbocycles. The van der Waals surface area contributed by atoms with Crippen molar-refractivity contribution in [3.8, 4) is 0 Å². The van der Waals surface area contributed by atoms with E-state index in [1.807, 2.05) is 50.2 Å². The summed E-state index contributed by atoms with van der Waals surface area (Å²) < 4.78 is 0. The molecule has 2 aromatic carbocycles. The second kappa shape index (κ2) is 10.1. The van der Waals surface area contributed by atoms with Crippen LogP contribution in [0.2, 0.25) is 0 Å². The lowest BCUT2D eigenvalue weighted by atomic mass is 10.0. The van der Waals surface area contributed by atoms with Crippen LogP contribution in [-0.2, 0) is 11.2 Å². The second-order valence-corrected chi connectivity index (χ2v) is 5.94. The number of rotatable bonds is 8. The first-order valence-electron chi connectivity index (χ1n) is 8.89. The maximum absolute atomic E-state index is 12.6. The molecule has 0 aliphatic heterocycles. The fourth-order valence-electron chi connectivity index (χ4n) is 2.51. The van der Waals surface area contributed by atoms with Gasteiger partial charge in [0.05, 0.1) is 0 Å². The van der Waals surface area contributed by atoms with E-state index < -0.39 is 6.04 Å². The summed E-state index contributed by atoms with van der Waals surface area (Å²) >= 11 is 0. The number of nitrogens with zero attached hydrogens (tertiary/aromatic N) is 1. The van der Waals surface area contributed by atoms with Crippen LogP contribution in [-0.4, -0.2) is 23.6 Å². The molecule has 0 spiro atoms. The number of nitrogens with one attached hydrogen (secondary N) is 2. The van der Waals surface area contributed by atoms with Gasteiger partial charge < -0.3 is 5.32 Å². The second-order valence-electron chi connectivity index (χ2n) is 5.94. The molecular weight excluding hydrogens is 326 g/mol. The van der Waals surface area contributed by atoms with Crippen LogP contribution < -0.4 is 10.7 Å². The summed E-state index contributed by atoms with van der Waals surface area (Å²) in [7, 11) is 0. The Labute approximate surface area is 154 Å². The molecule has 136 valence electrons. The van der Waals surface area contributed by atoms with Gasteiger partial charge in [-0.15, -0.1) is 0 Å². The average molecular weight is 351 g/mol. The Bertz CT molecular complexity index is 736. The first-order valence-corrected chi connectivity index (χ1v) is 8.89. The average Bonchev–Trinajstić information content (AvgIpc) is 2.69. The molecule has 2 rings (SSSR count). The Morgan fingerprint density at radius 1 is 0.923 bits per heavy atom. The van der Waals surface area contributed by atoms with E-state index in [4.69, 9.17) is 0 Å². The van der Waals surface area contributed by atoms with Crippen LogP contribution in [0.3, 0.4) is 0 Å². The number of hydrazone groups is 1. The van der Waals surface area contributed by atoms with E-state index in [9.17, 15) is 9.59 Å². The van der Waals surface area contributed by atoms with Gasteiger partial charge in [-0.3, -0.25) is 9.59 Å². The molecule has 0 heterocycles. The Morgan fingerprint density at radius 2 is 1.50 bits per heavy atom. The van der Waals surface area contributed by atoms with Crippen LogP contribution >= 0.6 is 0 Å². The summed E-state index contributed by atoms with van der Waals surface area (Å²) in [5, 5.41) is 6.99. The summed E-state index contributed by atoms with van der Waals surface area (Å²) in [6, 6.07) is 17.8. The summed E-state index contributed by atoms with van der Waals surface area (Å²) in [6.07, 6.45) is 1.95. The maximum Gasteiger partial charge on any atom is 0.262 e. The predicted octanol–water partition coefficient (Wildman–Crippen LogP) is 3.32. The van der Waals surface area contributed by atoms with Crippen LogP contribution in [0.25, 0.3) is 0 Å². The molecule has 2 amide bonds. The highest BCUT2D eigenvalue weighted by Gasteiger charge is 2.21. The molecule has 0 aromatic heterocycles. The van der Waals surface area contributed by atoms with Gasteiger partial charge >= 0.3 is 0 Å². The van der Waals surface area contributed by atoms with Gasteiger partial charge in [-0.1, -0.05) is 62.4 Å². The lowest BCUT2D eigenvalue weighted by molar-refractivity contribution is -0.122. The van der Waals surface area contributed by atoms with Crippen LogP contribution in [0.4, 0.5) is 0 Å². The van der Waals surface area contributed by atoms with Gasteiger partial charge in [0.25, 0.3) is 11.8 Å². The van der Waals surface area contributed by atoms with Crippen molar-refractivity contribution >= 4 is 17.5 Å². The highest BCUT2D eigenvalue weighted by Crippen LogP contribution is 2.06. The van der Waals surface area contributed by atoms with Crippen LogP contribution in [0, 0.1) is 0 Å². The van der Waals surface area contributed by atoms with Crippen molar-refractivity contribution in [2.75, 3.05) is 0 Å². The largest absolute Gasteiger partial charge is 0.340 e. The van der Waals surface area contributed by atoms with E-state index in [2.05, 4.69) is 15.8 Å². The summed E-state index contributed by atoms with van der Waals surface area (Å²) in [5.41, 5.74) is 4.99. The van der Waals surface area contributed by atoms with Gasteiger partial charge in [-0.25, -0.2) is 5.43 Å².